The summed E-state index contributed by atoms with van der Waals surface area (Å²) >= 11 is 0. The molecule has 2 heterocycles. The molecular formula is C17H24N2O2. The summed E-state index contributed by atoms with van der Waals surface area (Å²) in [5.41, 5.74) is 2.40. The van der Waals surface area contributed by atoms with Crippen LogP contribution in [0.15, 0.2) is 24.3 Å². The van der Waals surface area contributed by atoms with Crippen molar-refractivity contribution in [1.29, 1.82) is 0 Å². The molecule has 0 aromatic heterocycles. The second-order valence-corrected chi connectivity index (χ2v) is 6.30. The van der Waals surface area contributed by atoms with Crippen LogP contribution in [0.4, 0.5) is 5.69 Å². The predicted octanol–water partition coefficient (Wildman–Crippen LogP) is 2.03. The number of para-hydroxylation sites is 1. The maximum atomic E-state index is 12.6. The van der Waals surface area contributed by atoms with Crippen molar-refractivity contribution >= 4 is 11.6 Å². The van der Waals surface area contributed by atoms with Crippen LogP contribution < -0.4 is 5.32 Å². The van der Waals surface area contributed by atoms with Gasteiger partial charge in [-0.15, -0.1) is 0 Å². The molecule has 4 nitrogen and oxygen atoms in total. The maximum Gasteiger partial charge on any atom is 0.245 e. The van der Waals surface area contributed by atoms with Gasteiger partial charge in [-0.2, -0.15) is 0 Å². The van der Waals surface area contributed by atoms with Gasteiger partial charge < -0.3 is 15.3 Å². The first kappa shape index (κ1) is 14.4. The lowest BCUT2D eigenvalue weighted by Gasteiger charge is -2.36. The molecule has 1 amide bonds. The summed E-state index contributed by atoms with van der Waals surface area (Å²) in [6, 6.07) is 8.13. The predicted molar refractivity (Wildman–Crippen MR) is 83.2 cm³/mol. The molecule has 2 aliphatic rings. The fourth-order valence-electron chi connectivity index (χ4n) is 3.45. The average Bonchev–Trinajstić information content (AvgIpc) is 2.54. The Bertz CT molecular complexity index is 507. The number of amides is 1. The number of fused-ring (bicyclic) bond motifs is 1. The average molecular weight is 288 g/mol. The first-order valence-electron chi connectivity index (χ1n) is 7.96. The third kappa shape index (κ3) is 3.05. The van der Waals surface area contributed by atoms with Crippen molar-refractivity contribution in [2.75, 3.05) is 18.4 Å². The lowest BCUT2D eigenvalue weighted by atomic mass is 9.91. The van der Waals surface area contributed by atoms with E-state index in [0.717, 1.165) is 44.5 Å². The number of aliphatic hydroxyl groups excluding tert-OH is 1. The van der Waals surface area contributed by atoms with E-state index in [2.05, 4.69) is 17.4 Å². The molecule has 1 aromatic rings. The monoisotopic (exact) mass is 288 g/mol. The Balaban J connectivity index is 1.60. The first-order chi connectivity index (χ1) is 10.1. The summed E-state index contributed by atoms with van der Waals surface area (Å²) in [6.45, 7) is 3.39. The number of hydrogen-bond donors (Lipinski definition) is 2. The zero-order chi connectivity index (χ0) is 14.8. The van der Waals surface area contributed by atoms with Gasteiger partial charge in [0.25, 0.3) is 0 Å². The number of aliphatic hydroxyl groups is 1. The smallest absolute Gasteiger partial charge is 0.245 e. The number of aryl methyl sites for hydroxylation is 1. The van der Waals surface area contributed by atoms with E-state index in [0.29, 0.717) is 5.92 Å². The van der Waals surface area contributed by atoms with E-state index in [1.165, 1.54) is 5.56 Å². The number of carbonyl (C=O) groups excluding carboxylic acids is 1. The number of rotatable bonds is 2. The normalized spacial score (nSPS) is 24.1. The number of benzene rings is 1. The van der Waals surface area contributed by atoms with Crippen molar-refractivity contribution < 1.29 is 9.90 Å². The van der Waals surface area contributed by atoms with E-state index in [-0.39, 0.29) is 18.1 Å². The van der Waals surface area contributed by atoms with E-state index in [9.17, 15) is 9.90 Å². The molecule has 2 N–H and O–H groups in total. The van der Waals surface area contributed by atoms with Gasteiger partial charge in [-0.25, -0.2) is 0 Å². The van der Waals surface area contributed by atoms with Crippen molar-refractivity contribution in [2.45, 2.75) is 44.8 Å². The van der Waals surface area contributed by atoms with Crippen molar-refractivity contribution in [2.24, 2.45) is 5.92 Å². The SMILES string of the molecule is CC(O)C1CCN(C(=O)C2CCc3ccccc3N2)CC1. The number of likely N-dealkylation sites (tertiary alicyclic amines) is 1. The highest BCUT2D eigenvalue weighted by atomic mass is 16.3. The zero-order valence-corrected chi connectivity index (χ0v) is 12.6. The van der Waals surface area contributed by atoms with Crippen LogP contribution in [0.25, 0.3) is 0 Å². The molecule has 21 heavy (non-hydrogen) atoms. The fraction of sp³-hybridized carbons (Fsp3) is 0.588. The van der Waals surface area contributed by atoms with E-state index in [1.54, 1.807) is 0 Å². The summed E-state index contributed by atoms with van der Waals surface area (Å²) in [4.78, 5) is 14.6. The van der Waals surface area contributed by atoms with Crippen LogP contribution in [-0.4, -0.2) is 41.1 Å². The highest BCUT2D eigenvalue weighted by Crippen LogP contribution is 2.27. The number of carbonyl (C=O) groups is 1. The minimum Gasteiger partial charge on any atom is -0.393 e. The molecule has 1 fully saturated rings. The Morgan fingerprint density at radius 1 is 1.29 bits per heavy atom. The molecule has 0 bridgehead atoms. The number of hydrogen-bond acceptors (Lipinski definition) is 3. The minimum absolute atomic E-state index is 0.0944. The Labute approximate surface area is 126 Å². The summed E-state index contributed by atoms with van der Waals surface area (Å²) in [7, 11) is 0. The van der Waals surface area contributed by atoms with Gasteiger partial charge in [0.05, 0.1) is 6.10 Å². The molecule has 0 saturated carbocycles. The molecule has 114 valence electrons. The van der Waals surface area contributed by atoms with Gasteiger partial charge in [0.15, 0.2) is 0 Å². The molecule has 0 aliphatic carbocycles. The van der Waals surface area contributed by atoms with E-state index < -0.39 is 0 Å². The summed E-state index contributed by atoms with van der Waals surface area (Å²) in [6.07, 6.45) is 3.39. The van der Waals surface area contributed by atoms with Crippen molar-refractivity contribution in [3.05, 3.63) is 29.8 Å². The van der Waals surface area contributed by atoms with Gasteiger partial charge in [-0.05, 0) is 50.2 Å². The van der Waals surface area contributed by atoms with Crippen LogP contribution in [0.3, 0.4) is 0 Å². The number of nitrogens with one attached hydrogen (secondary N) is 1. The van der Waals surface area contributed by atoms with Gasteiger partial charge in [-0.1, -0.05) is 18.2 Å². The summed E-state index contributed by atoms with van der Waals surface area (Å²) in [5, 5.41) is 13.0. The van der Waals surface area contributed by atoms with Gasteiger partial charge in [0, 0.05) is 18.8 Å². The quantitative estimate of drug-likeness (QED) is 0.875. The van der Waals surface area contributed by atoms with Crippen molar-refractivity contribution in [3.63, 3.8) is 0 Å². The third-order valence-electron chi connectivity index (χ3n) is 4.88. The minimum atomic E-state index is -0.262. The van der Waals surface area contributed by atoms with Gasteiger partial charge >= 0.3 is 0 Å². The zero-order valence-electron chi connectivity index (χ0n) is 12.6. The van der Waals surface area contributed by atoms with Crippen LogP contribution in [0.5, 0.6) is 0 Å². The molecule has 2 aliphatic heterocycles. The van der Waals surface area contributed by atoms with Gasteiger partial charge in [0.1, 0.15) is 6.04 Å². The number of nitrogens with zero attached hydrogens (tertiary/aromatic N) is 1. The largest absolute Gasteiger partial charge is 0.393 e. The van der Waals surface area contributed by atoms with Gasteiger partial charge in [-0.3, -0.25) is 4.79 Å². The summed E-state index contributed by atoms with van der Waals surface area (Å²) in [5.74, 6) is 0.558. The Morgan fingerprint density at radius 3 is 2.71 bits per heavy atom. The highest BCUT2D eigenvalue weighted by Gasteiger charge is 2.31. The molecular weight excluding hydrogens is 264 g/mol. The van der Waals surface area contributed by atoms with E-state index >= 15 is 0 Å². The van der Waals surface area contributed by atoms with Crippen LogP contribution in [-0.2, 0) is 11.2 Å². The standard InChI is InChI=1S/C17H24N2O2/c1-12(20)13-8-10-19(11-9-13)17(21)16-7-6-14-4-2-3-5-15(14)18-16/h2-5,12-13,16,18,20H,6-11H2,1H3. The first-order valence-corrected chi connectivity index (χ1v) is 7.96. The Morgan fingerprint density at radius 2 is 2.00 bits per heavy atom. The molecule has 1 saturated heterocycles. The Kier molecular flexibility index (Phi) is 4.15. The lowest BCUT2D eigenvalue weighted by Crippen LogP contribution is -2.48. The van der Waals surface area contributed by atoms with Gasteiger partial charge in [0.2, 0.25) is 5.91 Å². The third-order valence-corrected chi connectivity index (χ3v) is 4.88. The van der Waals surface area contributed by atoms with Crippen LogP contribution in [0.2, 0.25) is 0 Å². The fourth-order valence-corrected chi connectivity index (χ4v) is 3.45. The molecule has 1 aromatic carbocycles. The molecule has 2 atom stereocenters. The second-order valence-electron chi connectivity index (χ2n) is 6.30. The highest BCUT2D eigenvalue weighted by molar-refractivity contribution is 5.85. The summed E-state index contributed by atoms with van der Waals surface area (Å²) < 4.78 is 0. The van der Waals surface area contributed by atoms with Crippen molar-refractivity contribution in [3.8, 4) is 0 Å². The van der Waals surface area contributed by atoms with Crippen LogP contribution >= 0.6 is 0 Å². The molecule has 2 unspecified atom stereocenters. The number of piperidine rings is 1. The van der Waals surface area contributed by atoms with E-state index in [4.69, 9.17) is 0 Å². The van der Waals surface area contributed by atoms with Crippen LogP contribution in [0, 0.1) is 5.92 Å². The topological polar surface area (TPSA) is 52.6 Å². The maximum absolute atomic E-state index is 12.6. The molecule has 0 radical (unpaired) electrons. The molecule has 0 spiro atoms. The molecule has 3 rings (SSSR count). The number of anilines is 1. The second kappa shape index (κ2) is 6.06. The van der Waals surface area contributed by atoms with E-state index in [1.807, 2.05) is 24.0 Å². The van der Waals surface area contributed by atoms with Crippen LogP contribution in [0.1, 0.15) is 31.7 Å². The molecule has 4 heteroatoms. The van der Waals surface area contributed by atoms with Crippen molar-refractivity contribution in [1.82, 2.24) is 4.90 Å². The Hall–Kier alpha value is -1.55. The lowest BCUT2D eigenvalue weighted by molar-refractivity contribution is -0.134.